The molecule has 1 heterocycles. The van der Waals surface area contributed by atoms with Crippen molar-refractivity contribution in [3.8, 4) is 0 Å². The molecule has 0 aliphatic carbocycles. The highest BCUT2D eigenvalue weighted by Gasteiger charge is 2.14. The van der Waals surface area contributed by atoms with Gasteiger partial charge in [0.25, 0.3) is 0 Å². The van der Waals surface area contributed by atoms with Crippen molar-refractivity contribution in [1.82, 2.24) is 5.32 Å². The molecule has 0 aromatic carbocycles. The summed E-state index contributed by atoms with van der Waals surface area (Å²) in [6, 6.07) is 0. The van der Waals surface area contributed by atoms with Gasteiger partial charge in [-0.3, -0.25) is 0 Å². The lowest BCUT2D eigenvalue weighted by atomic mass is 9.96. The molecule has 1 fully saturated rings. The molecule has 1 saturated heterocycles. The van der Waals surface area contributed by atoms with Crippen LogP contribution in [0.1, 0.15) is 33.1 Å². The second-order valence-corrected chi connectivity index (χ2v) is 5.01. The Labute approximate surface area is 87.4 Å². The summed E-state index contributed by atoms with van der Waals surface area (Å²) in [5, 5.41) is 3.41. The topological polar surface area (TPSA) is 47.3 Å². The lowest BCUT2D eigenvalue weighted by molar-refractivity contribution is 0.0639. The number of hydrogen-bond acceptors (Lipinski definition) is 3. The Hall–Kier alpha value is -0.120. The molecule has 0 aromatic rings. The first kappa shape index (κ1) is 12.0. The monoisotopic (exact) mass is 200 g/mol. The summed E-state index contributed by atoms with van der Waals surface area (Å²) in [5.41, 5.74) is 5.78. The predicted octanol–water partition coefficient (Wildman–Crippen LogP) is 1.13. The maximum atomic E-state index is 5.87. The Morgan fingerprint density at radius 2 is 2.00 bits per heavy atom. The van der Waals surface area contributed by atoms with Crippen LogP contribution < -0.4 is 11.1 Å². The van der Waals surface area contributed by atoms with E-state index in [2.05, 4.69) is 19.2 Å². The van der Waals surface area contributed by atoms with Crippen molar-refractivity contribution < 1.29 is 4.74 Å². The Balaban J connectivity index is 1.97. The standard InChI is InChI=1S/C11H24N2O/c1-11(2,12)9-13-6-3-10-4-7-14-8-5-10/h10,13H,3-9,12H2,1-2H3. The van der Waals surface area contributed by atoms with Crippen LogP contribution in [0.25, 0.3) is 0 Å². The Morgan fingerprint density at radius 1 is 1.36 bits per heavy atom. The molecule has 0 unspecified atom stereocenters. The zero-order valence-corrected chi connectivity index (χ0v) is 9.51. The van der Waals surface area contributed by atoms with Gasteiger partial charge in [0.2, 0.25) is 0 Å². The zero-order valence-electron chi connectivity index (χ0n) is 9.51. The number of ether oxygens (including phenoxy) is 1. The highest BCUT2D eigenvalue weighted by atomic mass is 16.5. The molecule has 3 heteroatoms. The largest absolute Gasteiger partial charge is 0.381 e. The molecule has 0 atom stereocenters. The van der Waals surface area contributed by atoms with Crippen LogP contribution in [0.4, 0.5) is 0 Å². The van der Waals surface area contributed by atoms with Crippen molar-refractivity contribution in [1.29, 1.82) is 0 Å². The zero-order chi connectivity index (χ0) is 10.4. The van der Waals surface area contributed by atoms with Crippen LogP contribution in [0.3, 0.4) is 0 Å². The third-order valence-corrected chi connectivity index (χ3v) is 2.65. The van der Waals surface area contributed by atoms with Crippen LogP contribution in [0.5, 0.6) is 0 Å². The maximum Gasteiger partial charge on any atom is 0.0468 e. The van der Waals surface area contributed by atoms with Gasteiger partial charge in [-0.1, -0.05) is 0 Å². The minimum Gasteiger partial charge on any atom is -0.381 e. The van der Waals surface area contributed by atoms with E-state index in [-0.39, 0.29) is 5.54 Å². The number of nitrogens with two attached hydrogens (primary N) is 1. The van der Waals surface area contributed by atoms with Gasteiger partial charge in [-0.2, -0.15) is 0 Å². The molecule has 84 valence electrons. The van der Waals surface area contributed by atoms with E-state index in [0.29, 0.717) is 0 Å². The molecule has 1 aliphatic heterocycles. The minimum absolute atomic E-state index is 0.0876. The van der Waals surface area contributed by atoms with Crippen LogP contribution in [0.15, 0.2) is 0 Å². The van der Waals surface area contributed by atoms with Crippen LogP contribution in [0.2, 0.25) is 0 Å². The molecule has 0 saturated carbocycles. The number of nitrogens with one attached hydrogen (secondary N) is 1. The summed E-state index contributed by atoms with van der Waals surface area (Å²) in [6.45, 7) is 7.99. The van der Waals surface area contributed by atoms with Gasteiger partial charge < -0.3 is 15.8 Å². The molecule has 0 bridgehead atoms. The summed E-state index contributed by atoms with van der Waals surface area (Å²) in [5.74, 6) is 0.858. The van der Waals surface area contributed by atoms with Crippen molar-refractivity contribution in [2.24, 2.45) is 11.7 Å². The lowest BCUT2D eigenvalue weighted by Crippen LogP contribution is -2.43. The second kappa shape index (κ2) is 5.69. The van der Waals surface area contributed by atoms with Gasteiger partial charge in [-0.05, 0) is 45.6 Å². The summed E-state index contributed by atoms with van der Waals surface area (Å²) in [4.78, 5) is 0. The highest BCUT2D eigenvalue weighted by Crippen LogP contribution is 2.17. The molecule has 0 spiro atoms. The Morgan fingerprint density at radius 3 is 2.57 bits per heavy atom. The second-order valence-electron chi connectivity index (χ2n) is 5.01. The molecule has 14 heavy (non-hydrogen) atoms. The third kappa shape index (κ3) is 5.58. The van der Waals surface area contributed by atoms with Gasteiger partial charge in [0.1, 0.15) is 0 Å². The molecule has 0 aromatic heterocycles. The van der Waals surface area contributed by atoms with Gasteiger partial charge in [0.05, 0.1) is 0 Å². The van der Waals surface area contributed by atoms with Gasteiger partial charge in [-0.25, -0.2) is 0 Å². The van der Waals surface area contributed by atoms with E-state index in [1.807, 2.05) is 0 Å². The van der Waals surface area contributed by atoms with E-state index >= 15 is 0 Å². The average molecular weight is 200 g/mol. The van der Waals surface area contributed by atoms with Gasteiger partial charge in [0.15, 0.2) is 0 Å². The fourth-order valence-corrected chi connectivity index (χ4v) is 1.75. The molecule has 0 radical (unpaired) electrons. The SMILES string of the molecule is CC(C)(N)CNCCC1CCOCC1. The first-order valence-corrected chi connectivity index (χ1v) is 5.65. The fourth-order valence-electron chi connectivity index (χ4n) is 1.75. The van der Waals surface area contributed by atoms with E-state index in [0.717, 1.165) is 32.2 Å². The van der Waals surface area contributed by atoms with Gasteiger partial charge in [-0.15, -0.1) is 0 Å². The molecular formula is C11H24N2O. The third-order valence-electron chi connectivity index (χ3n) is 2.65. The lowest BCUT2D eigenvalue weighted by Gasteiger charge is -2.23. The summed E-state index contributed by atoms with van der Waals surface area (Å²) < 4.78 is 5.32. The van der Waals surface area contributed by atoms with Crippen molar-refractivity contribution in [3.63, 3.8) is 0 Å². The molecular weight excluding hydrogens is 176 g/mol. The Bertz CT molecular complexity index is 148. The van der Waals surface area contributed by atoms with Crippen molar-refractivity contribution in [3.05, 3.63) is 0 Å². The van der Waals surface area contributed by atoms with E-state index < -0.39 is 0 Å². The van der Waals surface area contributed by atoms with Crippen LogP contribution in [-0.4, -0.2) is 31.8 Å². The summed E-state index contributed by atoms with van der Waals surface area (Å²) in [6.07, 6.45) is 3.72. The normalized spacial score (nSPS) is 19.9. The van der Waals surface area contributed by atoms with E-state index in [1.165, 1.54) is 19.3 Å². The predicted molar refractivity (Wildman–Crippen MR) is 59.3 cm³/mol. The smallest absolute Gasteiger partial charge is 0.0468 e. The minimum atomic E-state index is -0.0876. The van der Waals surface area contributed by atoms with Gasteiger partial charge in [0, 0.05) is 25.3 Å². The molecule has 0 amide bonds. The Kier molecular flexibility index (Phi) is 4.85. The molecule has 3 N–H and O–H groups in total. The van der Waals surface area contributed by atoms with Crippen molar-refractivity contribution in [2.75, 3.05) is 26.3 Å². The van der Waals surface area contributed by atoms with Gasteiger partial charge >= 0.3 is 0 Å². The number of hydrogen-bond donors (Lipinski definition) is 2. The van der Waals surface area contributed by atoms with E-state index in [4.69, 9.17) is 10.5 Å². The van der Waals surface area contributed by atoms with E-state index in [1.54, 1.807) is 0 Å². The van der Waals surface area contributed by atoms with Crippen LogP contribution in [-0.2, 0) is 4.74 Å². The van der Waals surface area contributed by atoms with Crippen LogP contribution in [0, 0.1) is 5.92 Å². The first-order chi connectivity index (χ1) is 6.58. The average Bonchev–Trinajstić information content (AvgIpc) is 2.13. The van der Waals surface area contributed by atoms with E-state index in [9.17, 15) is 0 Å². The highest BCUT2D eigenvalue weighted by molar-refractivity contribution is 4.75. The number of rotatable bonds is 5. The fraction of sp³-hybridized carbons (Fsp3) is 1.00. The summed E-state index contributed by atoms with van der Waals surface area (Å²) in [7, 11) is 0. The molecule has 3 nitrogen and oxygen atoms in total. The molecule has 1 rings (SSSR count). The quantitative estimate of drug-likeness (QED) is 0.654. The molecule has 1 aliphatic rings. The van der Waals surface area contributed by atoms with Crippen molar-refractivity contribution >= 4 is 0 Å². The van der Waals surface area contributed by atoms with Crippen LogP contribution >= 0.6 is 0 Å². The maximum absolute atomic E-state index is 5.87. The first-order valence-electron chi connectivity index (χ1n) is 5.65. The van der Waals surface area contributed by atoms with Crippen molar-refractivity contribution in [2.45, 2.75) is 38.6 Å². The summed E-state index contributed by atoms with van der Waals surface area (Å²) >= 11 is 0.